The molecule has 1 heteroatoms. The molecule has 0 atom stereocenters. The molecule has 1 nitrogen and oxygen atoms in total. The van der Waals surface area contributed by atoms with E-state index in [2.05, 4.69) is 0 Å². The van der Waals surface area contributed by atoms with Crippen LogP contribution in [-0.2, 0) is 0 Å². The van der Waals surface area contributed by atoms with Crippen LogP contribution >= 0.6 is 0 Å². The van der Waals surface area contributed by atoms with Crippen molar-refractivity contribution in [3.8, 4) is 33.4 Å². The van der Waals surface area contributed by atoms with E-state index < -0.39 is 96.2 Å². The molecule has 0 fully saturated rings. The maximum absolute atomic E-state index is 9.35. The van der Waals surface area contributed by atoms with E-state index in [1.165, 1.54) is 0 Å². The Balaban J connectivity index is 1.77. The zero-order chi connectivity index (χ0) is 38.8. The molecule has 0 aliphatic heterocycles. The van der Waals surface area contributed by atoms with E-state index in [1.54, 1.807) is 24.3 Å². The van der Waals surface area contributed by atoms with Crippen molar-refractivity contribution in [1.82, 2.24) is 0 Å². The lowest BCUT2D eigenvalue weighted by Gasteiger charge is -2.20. The van der Waals surface area contributed by atoms with Crippen LogP contribution in [-0.4, -0.2) is 0 Å². The summed E-state index contributed by atoms with van der Waals surface area (Å²) in [5.74, 6) is 0. The molecule has 1 aromatic heterocycles. The summed E-state index contributed by atoms with van der Waals surface area (Å²) in [6.07, 6.45) is 0. The molecule has 0 bridgehead atoms. The summed E-state index contributed by atoms with van der Waals surface area (Å²) < 4.78 is 139. The Kier molecular flexibility index (Phi) is 2.62. The third kappa shape index (κ3) is 3.34. The molecule has 0 saturated heterocycles. The number of hydrogen-bond acceptors (Lipinski definition) is 1. The van der Waals surface area contributed by atoms with Gasteiger partial charge >= 0.3 is 0 Å². The molecule has 0 aliphatic carbocycles. The van der Waals surface area contributed by atoms with Gasteiger partial charge in [-0.15, -0.1) is 0 Å². The van der Waals surface area contributed by atoms with Gasteiger partial charge in [0.15, 0.2) is 0 Å². The van der Waals surface area contributed by atoms with Crippen molar-refractivity contribution in [3.63, 3.8) is 0 Å². The van der Waals surface area contributed by atoms with Crippen LogP contribution in [0, 0.1) is 0 Å². The van der Waals surface area contributed by atoms with Crippen LogP contribution < -0.4 is 0 Å². The molecule has 0 aliphatic rings. The Hall–Kier alpha value is -5.14. The Labute approximate surface area is 247 Å². The highest BCUT2D eigenvalue weighted by Gasteiger charge is 2.21. The number of fused-ring (bicyclic) bond motifs is 5. The first-order chi connectivity index (χ1) is 25.6. The van der Waals surface area contributed by atoms with Gasteiger partial charge in [-0.05, 0) is 67.0 Å². The standard InChI is InChI=1S/C38H24O/c1-2-13-25(14-3-1)26-15-4-5-16-27(26)36-28-17-6-8-19-30(28)37(31-20-9-7-18-29(31)36)33-22-12-24-35-38(33)32-21-10-11-23-34(32)39-35/h1-24H/i6D,7D,8D,9D,10D,11D,12D,17D,18D,19D,20D,21D,22D,23D,24D. The predicted molar refractivity (Wildman–Crippen MR) is 165 cm³/mol. The second kappa shape index (κ2) is 8.72. The second-order valence-corrected chi connectivity index (χ2v) is 8.92. The lowest BCUT2D eigenvalue weighted by Crippen LogP contribution is -1.93. The Morgan fingerprint density at radius 1 is 0.410 bits per heavy atom. The van der Waals surface area contributed by atoms with Crippen molar-refractivity contribution in [3.05, 3.63) is 145 Å². The van der Waals surface area contributed by atoms with E-state index in [0.29, 0.717) is 16.7 Å². The van der Waals surface area contributed by atoms with E-state index in [1.807, 2.05) is 30.3 Å². The van der Waals surface area contributed by atoms with E-state index in [-0.39, 0.29) is 54.6 Å². The first-order valence-corrected chi connectivity index (χ1v) is 12.1. The summed E-state index contributed by atoms with van der Waals surface area (Å²) in [6, 6.07) is 6.45. The van der Waals surface area contributed by atoms with E-state index in [4.69, 9.17) is 18.1 Å². The Morgan fingerprint density at radius 3 is 1.59 bits per heavy atom. The molecule has 0 saturated carbocycles. The van der Waals surface area contributed by atoms with Crippen molar-refractivity contribution in [2.75, 3.05) is 0 Å². The van der Waals surface area contributed by atoms with E-state index >= 15 is 0 Å². The molecule has 0 N–H and O–H groups in total. The van der Waals surface area contributed by atoms with Crippen LogP contribution in [0.15, 0.2) is 150 Å². The maximum Gasteiger partial charge on any atom is 0.136 e. The summed E-state index contributed by atoms with van der Waals surface area (Å²) in [5.41, 5.74) is 0.270. The third-order valence-corrected chi connectivity index (χ3v) is 6.85. The molecule has 182 valence electrons. The molecule has 8 rings (SSSR count). The SMILES string of the molecule is [2H]c1c([2H])c([2H])c2c(oc3c([2H])c([2H])c([2H])c(-c4c5c([2H])c([2H])c([2H])c([2H])c5c(-c5ccccc5-c5ccccc5)c5c([2H])c([2H])c([2H])c([2H])c45)c32)c1[2H]. The van der Waals surface area contributed by atoms with Crippen molar-refractivity contribution in [2.45, 2.75) is 0 Å². The molecule has 1 heterocycles. The number of benzene rings is 7. The fraction of sp³-hybridized carbons (Fsp3) is 0. The van der Waals surface area contributed by atoms with Crippen molar-refractivity contribution in [2.24, 2.45) is 0 Å². The summed E-state index contributed by atoms with van der Waals surface area (Å²) in [6.45, 7) is 0. The van der Waals surface area contributed by atoms with Crippen LogP contribution in [0.2, 0.25) is 0 Å². The van der Waals surface area contributed by atoms with Gasteiger partial charge in [-0.25, -0.2) is 0 Å². The zero-order valence-electron chi connectivity index (χ0n) is 35.1. The predicted octanol–water partition coefficient (Wildman–Crippen LogP) is 10.9. The number of furan rings is 1. The van der Waals surface area contributed by atoms with Crippen molar-refractivity contribution >= 4 is 43.5 Å². The first-order valence-electron chi connectivity index (χ1n) is 19.6. The second-order valence-electron chi connectivity index (χ2n) is 8.92. The van der Waals surface area contributed by atoms with Crippen molar-refractivity contribution in [1.29, 1.82) is 0 Å². The lowest BCUT2D eigenvalue weighted by atomic mass is 9.83. The molecule has 39 heavy (non-hydrogen) atoms. The molecule has 7 aromatic carbocycles. The van der Waals surface area contributed by atoms with E-state index in [9.17, 15) is 6.85 Å². The lowest BCUT2D eigenvalue weighted by molar-refractivity contribution is 0.669. The highest BCUT2D eigenvalue weighted by molar-refractivity contribution is 6.26. The summed E-state index contributed by atoms with van der Waals surface area (Å²) in [5, 5.41) is -1.35. The molecular weight excluding hydrogens is 472 g/mol. The minimum Gasteiger partial charge on any atom is -0.456 e. The van der Waals surface area contributed by atoms with Gasteiger partial charge in [0.05, 0.1) is 20.6 Å². The maximum atomic E-state index is 9.35. The van der Waals surface area contributed by atoms with Crippen LogP contribution in [0.5, 0.6) is 0 Å². The average Bonchev–Trinajstić information content (AvgIpc) is 3.58. The summed E-state index contributed by atoms with van der Waals surface area (Å²) in [4.78, 5) is 0. The summed E-state index contributed by atoms with van der Waals surface area (Å²) in [7, 11) is 0. The largest absolute Gasteiger partial charge is 0.456 e. The smallest absolute Gasteiger partial charge is 0.136 e. The van der Waals surface area contributed by atoms with Crippen molar-refractivity contribution < 1.29 is 25.0 Å². The molecule has 0 spiro atoms. The third-order valence-electron chi connectivity index (χ3n) is 6.85. The quantitative estimate of drug-likeness (QED) is 0.215. The number of rotatable bonds is 3. The van der Waals surface area contributed by atoms with Crippen LogP contribution in [0.3, 0.4) is 0 Å². The molecule has 0 radical (unpaired) electrons. The van der Waals surface area contributed by atoms with Gasteiger partial charge in [0.2, 0.25) is 0 Å². The monoisotopic (exact) mass is 511 g/mol. The van der Waals surface area contributed by atoms with Gasteiger partial charge in [0, 0.05) is 10.8 Å². The fourth-order valence-electron chi connectivity index (χ4n) is 5.26. The topological polar surface area (TPSA) is 13.1 Å². The minimum atomic E-state index is -0.715. The highest BCUT2D eigenvalue weighted by Crippen LogP contribution is 2.48. The average molecular weight is 512 g/mol. The van der Waals surface area contributed by atoms with Gasteiger partial charge in [-0.3, -0.25) is 0 Å². The zero-order valence-corrected chi connectivity index (χ0v) is 20.1. The first kappa shape index (κ1) is 11.7. The van der Waals surface area contributed by atoms with Crippen LogP contribution in [0.4, 0.5) is 0 Å². The Bertz CT molecular complexity index is 2910. The number of hydrogen-bond donors (Lipinski definition) is 0. The van der Waals surface area contributed by atoms with Gasteiger partial charge in [-0.1, -0.05) is 133 Å². The van der Waals surface area contributed by atoms with Gasteiger partial charge < -0.3 is 4.42 Å². The Morgan fingerprint density at radius 2 is 0.923 bits per heavy atom. The summed E-state index contributed by atoms with van der Waals surface area (Å²) >= 11 is 0. The minimum absolute atomic E-state index is 0.0622. The van der Waals surface area contributed by atoms with Crippen LogP contribution in [0.25, 0.3) is 76.9 Å². The molecule has 0 unspecified atom stereocenters. The van der Waals surface area contributed by atoms with Crippen LogP contribution in [0.1, 0.15) is 20.6 Å². The molecular formula is C38H24O. The normalized spacial score (nSPS) is 17.0. The molecule has 0 amide bonds. The molecule has 8 aromatic rings. The van der Waals surface area contributed by atoms with Gasteiger partial charge in [0.25, 0.3) is 0 Å². The van der Waals surface area contributed by atoms with E-state index in [0.717, 1.165) is 0 Å². The fourth-order valence-corrected chi connectivity index (χ4v) is 5.26. The number of para-hydroxylation sites is 1. The van der Waals surface area contributed by atoms with Gasteiger partial charge in [-0.2, -0.15) is 0 Å². The highest BCUT2D eigenvalue weighted by atomic mass is 16.3. The van der Waals surface area contributed by atoms with Gasteiger partial charge in [0.1, 0.15) is 11.2 Å².